The van der Waals surface area contributed by atoms with Gasteiger partial charge < -0.3 is 10.1 Å². The molecule has 1 atom stereocenters. The Hall–Kier alpha value is -1.40. The zero-order valence-corrected chi connectivity index (χ0v) is 13.8. The number of anilines is 1. The number of likely N-dealkylation sites (tertiary alicyclic amines) is 1. The van der Waals surface area contributed by atoms with E-state index in [0.29, 0.717) is 13.1 Å². The Balaban J connectivity index is 1.87. The largest absolute Gasteiger partial charge is 0.469 e. The molecule has 1 aromatic rings. The summed E-state index contributed by atoms with van der Waals surface area (Å²) in [5.74, 6) is -0.371. The van der Waals surface area contributed by atoms with Crippen LogP contribution in [0.5, 0.6) is 0 Å². The minimum atomic E-state index is -0.193. The van der Waals surface area contributed by atoms with Crippen molar-refractivity contribution in [3.05, 3.63) is 28.2 Å². The van der Waals surface area contributed by atoms with Crippen LogP contribution in [0.3, 0.4) is 0 Å². The van der Waals surface area contributed by atoms with Gasteiger partial charge in [0.2, 0.25) is 5.91 Å². The van der Waals surface area contributed by atoms with E-state index in [9.17, 15) is 9.59 Å². The summed E-state index contributed by atoms with van der Waals surface area (Å²) in [6, 6.07) is 5.73. The Morgan fingerprint density at radius 3 is 2.90 bits per heavy atom. The fourth-order valence-electron chi connectivity index (χ4n) is 2.50. The fourth-order valence-corrected chi connectivity index (χ4v) is 2.97. The molecule has 0 aliphatic carbocycles. The molecule has 1 heterocycles. The number of hydrogen-bond acceptors (Lipinski definition) is 4. The molecule has 1 aliphatic heterocycles. The van der Waals surface area contributed by atoms with E-state index in [1.807, 2.05) is 30.0 Å². The van der Waals surface area contributed by atoms with E-state index < -0.39 is 0 Å². The van der Waals surface area contributed by atoms with E-state index >= 15 is 0 Å². The van der Waals surface area contributed by atoms with Crippen molar-refractivity contribution in [2.24, 2.45) is 5.92 Å². The minimum Gasteiger partial charge on any atom is -0.469 e. The van der Waals surface area contributed by atoms with Crippen molar-refractivity contribution in [2.75, 3.05) is 32.1 Å². The van der Waals surface area contributed by atoms with Crippen molar-refractivity contribution in [1.82, 2.24) is 4.90 Å². The number of carbonyl (C=O) groups excluding carboxylic acids is 2. The van der Waals surface area contributed by atoms with Crippen molar-refractivity contribution >= 4 is 33.5 Å². The maximum absolute atomic E-state index is 12.1. The Morgan fingerprint density at radius 1 is 1.48 bits per heavy atom. The molecule has 5 nitrogen and oxygen atoms in total. The van der Waals surface area contributed by atoms with E-state index in [0.717, 1.165) is 28.7 Å². The molecular formula is C15H19BrN2O3. The first-order valence-corrected chi connectivity index (χ1v) is 7.65. The van der Waals surface area contributed by atoms with E-state index in [2.05, 4.69) is 21.2 Å². The normalized spacial score (nSPS) is 18.5. The number of benzene rings is 1. The van der Waals surface area contributed by atoms with E-state index in [1.54, 1.807) is 0 Å². The van der Waals surface area contributed by atoms with Crippen LogP contribution < -0.4 is 5.32 Å². The molecule has 0 bridgehead atoms. The van der Waals surface area contributed by atoms with Crippen molar-refractivity contribution in [2.45, 2.75) is 13.3 Å². The van der Waals surface area contributed by atoms with Crippen molar-refractivity contribution in [3.8, 4) is 0 Å². The summed E-state index contributed by atoms with van der Waals surface area (Å²) in [6.07, 6.45) is 0.747. The number of aryl methyl sites for hydroxylation is 1. The molecule has 1 unspecified atom stereocenters. The molecule has 1 aliphatic rings. The zero-order chi connectivity index (χ0) is 15.4. The summed E-state index contributed by atoms with van der Waals surface area (Å²) < 4.78 is 5.72. The third-order valence-corrected chi connectivity index (χ3v) is 4.13. The Labute approximate surface area is 132 Å². The average molecular weight is 355 g/mol. The van der Waals surface area contributed by atoms with Crippen molar-refractivity contribution < 1.29 is 14.3 Å². The number of methoxy groups -OCH3 is 1. The lowest BCUT2D eigenvalue weighted by atomic mass is 10.1. The number of rotatable bonds is 4. The number of hydrogen-bond donors (Lipinski definition) is 1. The summed E-state index contributed by atoms with van der Waals surface area (Å²) in [7, 11) is 1.40. The molecule has 1 saturated heterocycles. The molecule has 0 saturated carbocycles. The second-order valence-corrected chi connectivity index (χ2v) is 6.17. The van der Waals surface area contributed by atoms with Crippen LogP contribution in [-0.2, 0) is 14.3 Å². The number of nitrogens with zero attached hydrogens (tertiary/aromatic N) is 1. The summed E-state index contributed by atoms with van der Waals surface area (Å²) in [5, 5.41) is 2.90. The van der Waals surface area contributed by atoms with Crippen LogP contribution >= 0.6 is 15.9 Å². The zero-order valence-electron chi connectivity index (χ0n) is 12.2. The quantitative estimate of drug-likeness (QED) is 0.842. The topological polar surface area (TPSA) is 58.6 Å². The number of amides is 1. The molecule has 1 aromatic carbocycles. The van der Waals surface area contributed by atoms with Crippen LogP contribution in [0.15, 0.2) is 22.7 Å². The van der Waals surface area contributed by atoms with Gasteiger partial charge in [0, 0.05) is 16.7 Å². The first-order chi connectivity index (χ1) is 9.99. The predicted octanol–water partition coefficient (Wildman–Crippen LogP) is 2.19. The Morgan fingerprint density at radius 2 is 2.24 bits per heavy atom. The number of esters is 1. The predicted molar refractivity (Wildman–Crippen MR) is 84.1 cm³/mol. The van der Waals surface area contributed by atoms with Gasteiger partial charge in [-0.1, -0.05) is 15.9 Å². The second kappa shape index (κ2) is 7.04. The van der Waals surface area contributed by atoms with Gasteiger partial charge in [0.25, 0.3) is 0 Å². The molecule has 1 amide bonds. The van der Waals surface area contributed by atoms with Crippen molar-refractivity contribution in [1.29, 1.82) is 0 Å². The first-order valence-electron chi connectivity index (χ1n) is 6.86. The lowest BCUT2D eigenvalue weighted by molar-refractivity contribution is -0.145. The third-order valence-electron chi connectivity index (χ3n) is 3.64. The second-order valence-electron chi connectivity index (χ2n) is 5.25. The van der Waals surface area contributed by atoms with Gasteiger partial charge in [0.05, 0.1) is 19.6 Å². The molecule has 114 valence electrons. The van der Waals surface area contributed by atoms with Gasteiger partial charge >= 0.3 is 5.97 Å². The van der Waals surface area contributed by atoms with Gasteiger partial charge in [0.1, 0.15) is 0 Å². The lowest BCUT2D eigenvalue weighted by Crippen LogP contribution is -2.32. The minimum absolute atomic E-state index is 0.0639. The first kappa shape index (κ1) is 16.0. The number of carbonyl (C=O) groups is 2. The van der Waals surface area contributed by atoms with E-state index in [1.165, 1.54) is 7.11 Å². The van der Waals surface area contributed by atoms with E-state index in [-0.39, 0.29) is 17.8 Å². The maximum Gasteiger partial charge on any atom is 0.310 e. The monoisotopic (exact) mass is 354 g/mol. The summed E-state index contributed by atoms with van der Waals surface area (Å²) in [6.45, 7) is 3.57. The third kappa shape index (κ3) is 4.28. The van der Waals surface area contributed by atoms with Crippen LogP contribution in [0.2, 0.25) is 0 Å². The highest BCUT2D eigenvalue weighted by molar-refractivity contribution is 9.10. The molecule has 0 aromatic heterocycles. The van der Waals surface area contributed by atoms with E-state index in [4.69, 9.17) is 4.74 Å². The summed E-state index contributed by atoms with van der Waals surface area (Å²) in [4.78, 5) is 25.5. The average Bonchev–Trinajstić information content (AvgIpc) is 2.89. The number of nitrogens with one attached hydrogen (secondary N) is 1. The van der Waals surface area contributed by atoms with Gasteiger partial charge in [-0.25, -0.2) is 0 Å². The molecule has 1 fully saturated rings. The summed E-state index contributed by atoms with van der Waals surface area (Å²) in [5.41, 5.74) is 1.82. The van der Waals surface area contributed by atoms with Crippen LogP contribution in [0.4, 0.5) is 5.69 Å². The van der Waals surface area contributed by atoms with Crippen LogP contribution in [-0.4, -0.2) is 43.5 Å². The molecule has 2 rings (SSSR count). The smallest absolute Gasteiger partial charge is 0.310 e. The summed E-state index contributed by atoms with van der Waals surface area (Å²) >= 11 is 3.40. The molecular weight excluding hydrogens is 336 g/mol. The highest BCUT2D eigenvalue weighted by atomic mass is 79.9. The van der Waals surface area contributed by atoms with Gasteiger partial charge in [0.15, 0.2) is 0 Å². The van der Waals surface area contributed by atoms with Gasteiger partial charge in [-0.15, -0.1) is 0 Å². The molecule has 6 heteroatoms. The Bertz CT molecular complexity index is 548. The van der Waals surface area contributed by atoms with Gasteiger partial charge in [-0.3, -0.25) is 14.5 Å². The molecule has 0 spiro atoms. The SMILES string of the molecule is COC(=O)C1CCN(CC(=O)Nc2ccc(Br)cc2C)C1. The lowest BCUT2D eigenvalue weighted by Gasteiger charge is -2.16. The van der Waals surface area contributed by atoms with Crippen LogP contribution in [0, 0.1) is 12.8 Å². The highest BCUT2D eigenvalue weighted by Crippen LogP contribution is 2.21. The number of halogens is 1. The van der Waals surface area contributed by atoms with Crippen molar-refractivity contribution in [3.63, 3.8) is 0 Å². The van der Waals surface area contributed by atoms with Gasteiger partial charge in [-0.2, -0.15) is 0 Å². The van der Waals surface area contributed by atoms with Crippen LogP contribution in [0.1, 0.15) is 12.0 Å². The molecule has 0 radical (unpaired) electrons. The van der Waals surface area contributed by atoms with Crippen LogP contribution in [0.25, 0.3) is 0 Å². The molecule has 21 heavy (non-hydrogen) atoms. The Kier molecular flexibility index (Phi) is 5.36. The fraction of sp³-hybridized carbons (Fsp3) is 0.467. The van der Waals surface area contributed by atoms with Gasteiger partial charge in [-0.05, 0) is 43.7 Å². The molecule has 1 N–H and O–H groups in total. The standard InChI is InChI=1S/C15H19BrN2O3/c1-10-7-12(16)3-4-13(10)17-14(19)9-18-6-5-11(8-18)15(20)21-2/h3-4,7,11H,5-6,8-9H2,1-2H3,(H,17,19). The number of ether oxygens (including phenoxy) is 1. The highest BCUT2D eigenvalue weighted by Gasteiger charge is 2.29. The maximum atomic E-state index is 12.1.